The maximum absolute atomic E-state index is 12.7. The van der Waals surface area contributed by atoms with Gasteiger partial charge in [0.25, 0.3) is 5.91 Å². The summed E-state index contributed by atoms with van der Waals surface area (Å²) in [6, 6.07) is 18.2. The minimum absolute atomic E-state index is 0.00863. The summed E-state index contributed by atoms with van der Waals surface area (Å²) in [7, 11) is 2.04. The molecule has 0 aliphatic heterocycles. The molecule has 5 nitrogen and oxygen atoms in total. The van der Waals surface area contributed by atoms with Crippen molar-refractivity contribution in [3.05, 3.63) is 66.0 Å². The van der Waals surface area contributed by atoms with Crippen LogP contribution in [0, 0.1) is 0 Å². The summed E-state index contributed by atoms with van der Waals surface area (Å²) >= 11 is 1.61. The lowest BCUT2D eigenvalue weighted by Crippen LogP contribution is -2.25. The number of hydrogen-bond donors (Lipinski definition) is 1. The number of thioether (sulfide) groups is 1. The molecule has 0 saturated heterocycles. The number of aryl methyl sites for hydroxylation is 1. The van der Waals surface area contributed by atoms with E-state index in [1.807, 2.05) is 55.6 Å². The molecule has 140 valence electrons. The van der Waals surface area contributed by atoms with Gasteiger partial charge in [-0.2, -0.15) is 0 Å². The molecule has 1 amide bonds. The molecule has 0 atom stereocenters. The molecule has 1 aliphatic carbocycles. The van der Waals surface area contributed by atoms with Gasteiger partial charge in [-0.15, -0.1) is 0 Å². The van der Waals surface area contributed by atoms with Crippen LogP contribution in [0.4, 0.5) is 0 Å². The van der Waals surface area contributed by atoms with Gasteiger partial charge in [0.15, 0.2) is 0 Å². The molecule has 6 heteroatoms. The second kappa shape index (κ2) is 6.95. The molecular formula is C22H20N4OS. The van der Waals surface area contributed by atoms with Gasteiger partial charge in [0.05, 0.1) is 32.9 Å². The van der Waals surface area contributed by atoms with Gasteiger partial charge in [0.2, 0.25) is 0 Å². The van der Waals surface area contributed by atoms with E-state index in [4.69, 9.17) is 9.97 Å². The molecule has 0 unspecified atom stereocenters. The number of rotatable bonds is 5. The summed E-state index contributed by atoms with van der Waals surface area (Å²) in [4.78, 5) is 22.2. The SMILES string of the molecule is Cn1c(CSc2cc(C(=O)NC3CC3)c3ccccc3n2)nc2ccccc21. The van der Waals surface area contributed by atoms with Gasteiger partial charge in [-0.05, 0) is 37.1 Å². The highest BCUT2D eigenvalue weighted by atomic mass is 32.2. The Morgan fingerprint density at radius 2 is 1.86 bits per heavy atom. The second-order valence-corrected chi connectivity index (χ2v) is 8.13. The fourth-order valence-electron chi connectivity index (χ4n) is 3.37. The van der Waals surface area contributed by atoms with Crippen LogP contribution in [0.15, 0.2) is 59.6 Å². The lowest BCUT2D eigenvalue weighted by molar-refractivity contribution is 0.0952. The summed E-state index contributed by atoms with van der Waals surface area (Å²) in [5, 5.41) is 4.83. The fourth-order valence-corrected chi connectivity index (χ4v) is 4.27. The number of benzene rings is 2. The van der Waals surface area contributed by atoms with E-state index in [9.17, 15) is 4.79 Å². The van der Waals surface area contributed by atoms with Gasteiger partial charge in [0, 0.05) is 18.5 Å². The topological polar surface area (TPSA) is 59.8 Å². The monoisotopic (exact) mass is 388 g/mol. The van der Waals surface area contributed by atoms with Crippen molar-refractivity contribution < 1.29 is 4.79 Å². The van der Waals surface area contributed by atoms with Crippen LogP contribution in [-0.4, -0.2) is 26.5 Å². The van der Waals surface area contributed by atoms with Crippen LogP contribution in [0.25, 0.3) is 21.9 Å². The Bertz CT molecular complexity index is 1200. The first-order valence-electron chi connectivity index (χ1n) is 9.43. The summed E-state index contributed by atoms with van der Waals surface area (Å²) in [5.41, 5.74) is 3.66. The first kappa shape index (κ1) is 17.3. The number of carbonyl (C=O) groups is 1. The molecule has 5 rings (SSSR count). The standard InChI is InChI=1S/C22H20N4OS/c1-26-19-9-5-4-8-18(19)24-20(26)13-28-21-12-16(22(27)23-14-10-11-14)15-6-2-3-7-17(15)25-21/h2-9,12,14H,10-11,13H2,1H3,(H,23,27). The predicted molar refractivity (Wildman–Crippen MR) is 113 cm³/mol. The van der Waals surface area contributed by atoms with Crippen molar-refractivity contribution in [3.8, 4) is 0 Å². The molecular weight excluding hydrogens is 368 g/mol. The van der Waals surface area contributed by atoms with Crippen molar-refractivity contribution >= 4 is 39.6 Å². The molecule has 28 heavy (non-hydrogen) atoms. The van der Waals surface area contributed by atoms with Crippen molar-refractivity contribution in [2.24, 2.45) is 7.05 Å². The largest absolute Gasteiger partial charge is 0.349 e. The quantitative estimate of drug-likeness (QED) is 0.518. The van der Waals surface area contributed by atoms with Crippen molar-refractivity contribution in [1.82, 2.24) is 19.9 Å². The Balaban J connectivity index is 1.46. The lowest BCUT2D eigenvalue weighted by atomic mass is 10.1. The Kier molecular flexibility index (Phi) is 4.28. The van der Waals surface area contributed by atoms with Gasteiger partial charge in [-0.3, -0.25) is 4.79 Å². The first-order valence-corrected chi connectivity index (χ1v) is 10.4. The number of para-hydroxylation sites is 3. The Morgan fingerprint density at radius 1 is 1.11 bits per heavy atom. The lowest BCUT2D eigenvalue weighted by Gasteiger charge is -2.10. The number of nitrogens with one attached hydrogen (secondary N) is 1. The first-order chi connectivity index (χ1) is 13.7. The molecule has 4 aromatic rings. The van der Waals surface area contributed by atoms with Crippen molar-refractivity contribution in [1.29, 1.82) is 0 Å². The normalized spacial score (nSPS) is 13.9. The third kappa shape index (κ3) is 3.24. The van der Waals surface area contributed by atoms with E-state index in [-0.39, 0.29) is 5.91 Å². The minimum atomic E-state index is -0.00863. The Hall–Kier alpha value is -2.86. The van der Waals surface area contributed by atoms with E-state index in [2.05, 4.69) is 16.0 Å². The van der Waals surface area contributed by atoms with Crippen molar-refractivity contribution in [2.45, 2.75) is 29.7 Å². The molecule has 1 aliphatic rings. The molecule has 1 N–H and O–H groups in total. The van der Waals surface area contributed by atoms with Crippen molar-refractivity contribution in [3.63, 3.8) is 0 Å². The van der Waals surface area contributed by atoms with Crippen LogP contribution in [0.5, 0.6) is 0 Å². The number of hydrogen-bond acceptors (Lipinski definition) is 4. The number of aromatic nitrogens is 3. The molecule has 1 fully saturated rings. The van der Waals surface area contributed by atoms with E-state index in [1.165, 1.54) is 0 Å². The zero-order valence-electron chi connectivity index (χ0n) is 15.6. The minimum Gasteiger partial charge on any atom is -0.349 e. The number of imidazole rings is 1. The molecule has 2 aromatic carbocycles. The summed E-state index contributed by atoms with van der Waals surface area (Å²) in [6.07, 6.45) is 2.15. The van der Waals surface area contributed by atoms with Crippen LogP contribution in [-0.2, 0) is 12.8 Å². The highest BCUT2D eigenvalue weighted by Gasteiger charge is 2.25. The molecule has 1 saturated carbocycles. The fraction of sp³-hybridized carbons (Fsp3) is 0.227. The predicted octanol–water partition coefficient (Wildman–Crippen LogP) is 4.31. The highest BCUT2D eigenvalue weighted by molar-refractivity contribution is 7.98. The van der Waals surface area contributed by atoms with Crippen LogP contribution in [0.3, 0.4) is 0 Å². The maximum Gasteiger partial charge on any atom is 0.252 e. The van der Waals surface area contributed by atoms with E-state index >= 15 is 0 Å². The average Bonchev–Trinajstić information content (AvgIpc) is 3.48. The van der Waals surface area contributed by atoms with Crippen LogP contribution < -0.4 is 5.32 Å². The summed E-state index contributed by atoms with van der Waals surface area (Å²) in [5.74, 6) is 1.68. The zero-order chi connectivity index (χ0) is 19.1. The van der Waals surface area contributed by atoms with E-state index in [0.717, 1.165) is 45.6 Å². The number of pyridine rings is 1. The number of nitrogens with zero attached hydrogens (tertiary/aromatic N) is 3. The van der Waals surface area contributed by atoms with Gasteiger partial charge in [0.1, 0.15) is 5.82 Å². The Labute approximate surface area is 167 Å². The van der Waals surface area contributed by atoms with E-state index in [0.29, 0.717) is 17.4 Å². The van der Waals surface area contributed by atoms with Gasteiger partial charge in [-0.1, -0.05) is 42.1 Å². The summed E-state index contributed by atoms with van der Waals surface area (Å²) in [6.45, 7) is 0. The molecule has 0 radical (unpaired) electrons. The smallest absolute Gasteiger partial charge is 0.252 e. The molecule has 2 aromatic heterocycles. The van der Waals surface area contributed by atoms with Gasteiger partial charge in [-0.25, -0.2) is 9.97 Å². The molecule has 0 spiro atoms. The molecule has 0 bridgehead atoms. The summed E-state index contributed by atoms with van der Waals surface area (Å²) < 4.78 is 2.12. The van der Waals surface area contributed by atoms with Crippen LogP contribution in [0.1, 0.15) is 29.0 Å². The third-order valence-electron chi connectivity index (χ3n) is 5.08. The van der Waals surface area contributed by atoms with Gasteiger partial charge < -0.3 is 9.88 Å². The van der Waals surface area contributed by atoms with Crippen LogP contribution >= 0.6 is 11.8 Å². The number of amides is 1. The Morgan fingerprint density at radius 3 is 2.64 bits per heavy atom. The number of carbonyl (C=O) groups excluding carboxylic acids is 1. The second-order valence-electron chi connectivity index (χ2n) is 7.14. The maximum atomic E-state index is 12.7. The van der Waals surface area contributed by atoms with Gasteiger partial charge >= 0.3 is 0 Å². The van der Waals surface area contributed by atoms with E-state index < -0.39 is 0 Å². The highest BCUT2D eigenvalue weighted by Crippen LogP contribution is 2.28. The van der Waals surface area contributed by atoms with Crippen LogP contribution in [0.2, 0.25) is 0 Å². The average molecular weight is 388 g/mol. The van der Waals surface area contributed by atoms with Crippen molar-refractivity contribution in [2.75, 3.05) is 0 Å². The number of fused-ring (bicyclic) bond motifs is 2. The molecule has 2 heterocycles. The zero-order valence-corrected chi connectivity index (χ0v) is 16.4. The third-order valence-corrected chi connectivity index (χ3v) is 5.99. The van der Waals surface area contributed by atoms with E-state index in [1.54, 1.807) is 11.8 Å².